The van der Waals surface area contributed by atoms with E-state index in [9.17, 15) is 18.0 Å². The highest BCUT2D eigenvalue weighted by Crippen LogP contribution is 2.35. The Kier molecular flexibility index (Phi) is 4.14. The Morgan fingerprint density at radius 3 is 3.04 bits per heavy atom. The summed E-state index contributed by atoms with van der Waals surface area (Å²) in [4.78, 5) is 24.9. The first-order valence-corrected chi connectivity index (χ1v) is 10.1. The summed E-state index contributed by atoms with van der Waals surface area (Å²) in [6.45, 7) is 1.96. The number of nitrogens with one attached hydrogen (secondary N) is 2. The van der Waals surface area contributed by atoms with Gasteiger partial charge in [0.25, 0.3) is 0 Å². The second kappa shape index (κ2) is 6.38. The topological polar surface area (TPSA) is 121 Å². The zero-order valence-electron chi connectivity index (χ0n) is 14.6. The van der Waals surface area contributed by atoms with Gasteiger partial charge in [0.05, 0.1) is 30.7 Å². The molecule has 142 valence electrons. The summed E-state index contributed by atoms with van der Waals surface area (Å²) in [5.41, 5.74) is 2.68. The minimum Gasteiger partial charge on any atom is -0.442 e. The van der Waals surface area contributed by atoms with E-state index in [-0.39, 0.29) is 23.1 Å². The lowest BCUT2D eigenvalue weighted by Crippen LogP contribution is -2.33. The molecule has 2 amide bonds. The van der Waals surface area contributed by atoms with Gasteiger partial charge in [-0.3, -0.25) is 14.8 Å². The van der Waals surface area contributed by atoms with Crippen molar-refractivity contribution in [3.8, 4) is 11.3 Å². The third-order valence-corrected chi connectivity index (χ3v) is 6.42. The molecule has 3 heterocycles. The maximum absolute atomic E-state index is 12.4. The van der Waals surface area contributed by atoms with Crippen molar-refractivity contribution in [2.75, 3.05) is 23.7 Å². The molecular formula is C17H18N4O5S. The van der Waals surface area contributed by atoms with Crippen molar-refractivity contribution in [3.05, 3.63) is 30.0 Å². The number of carbonyl (C=O) groups is 2. The van der Waals surface area contributed by atoms with Gasteiger partial charge in [0.1, 0.15) is 11.0 Å². The summed E-state index contributed by atoms with van der Waals surface area (Å²) in [5, 5.41) is 9.27. The van der Waals surface area contributed by atoms with Crippen molar-refractivity contribution in [2.24, 2.45) is 0 Å². The first kappa shape index (κ1) is 17.5. The number of cyclic esters (lactones) is 1. The molecule has 0 aliphatic carbocycles. The van der Waals surface area contributed by atoms with Crippen LogP contribution in [0.5, 0.6) is 0 Å². The van der Waals surface area contributed by atoms with Gasteiger partial charge in [0.2, 0.25) is 5.91 Å². The van der Waals surface area contributed by atoms with Crippen molar-refractivity contribution >= 4 is 27.5 Å². The number of aromatic nitrogens is 2. The fraction of sp³-hybridized carbons (Fsp3) is 0.353. The Bertz CT molecular complexity index is 1030. The highest BCUT2D eigenvalue weighted by Gasteiger charge is 2.33. The van der Waals surface area contributed by atoms with E-state index < -0.39 is 22.0 Å². The van der Waals surface area contributed by atoms with Crippen LogP contribution in [0.1, 0.15) is 12.5 Å². The predicted molar refractivity (Wildman–Crippen MR) is 96.1 cm³/mol. The standard InChI is InChI=1S/C17H18N4O5S/c1-10(22)18-7-13-9-21(17(23)26-13)12-2-3-14-11(6-12)4-5-27(24,25)15-8-19-20-16(14)15/h2-3,6,8,13H,4-5,7,9H2,1H3,(H,18,22)(H,19,20)/t13-/m0/s1. The molecule has 1 fully saturated rings. The van der Waals surface area contributed by atoms with Gasteiger partial charge in [0, 0.05) is 18.2 Å². The molecule has 0 unspecified atom stereocenters. The number of anilines is 1. The molecular weight excluding hydrogens is 372 g/mol. The van der Waals surface area contributed by atoms with E-state index in [0.717, 1.165) is 11.1 Å². The van der Waals surface area contributed by atoms with E-state index >= 15 is 0 Å². The third-order valence-electron chi connectivity index (χ3n) is 4.70. The van der Waals surface area contributed by atoms with E-state index in [4.69, 9.17) is 4.74 Å². The third kappa shape index (κ3) is 3.16. The molecule has 0 spiro atoms. The normalized spacial score (nSPS) is 20.4. The van der Waals surface area contributed by atoms with E-state index in [2.05, 4.69) is 15.5 Å². The molecule has 2 aliphatic rings. The summed E-state index contributed by atoms with van der Waals surface area (Å²) in [5.74, 6) is -0.211. The number of carbonyl (C=O) groups excluding carboxylic acids is 2. The van der Waals surface area contributed by atoms with Gasteiger partial charge in [-0.1, -0.05) is 6.07 Å². The number of sulfone groups is 1. The van der Waals surface area contributed by atoms with Crippen LogP contribution in [0.15, 0.2) is 29.3 Å². The zero-order valence-corrected chi connectivity index (χ0v) is 15.4. The van der Waals surface area contributed by atoms with Crippen LogP contribution in [0.4, 0.5) is 10.5 Å². The van der Waals surface area contributed by atoms with Crippen LogP contribution in [0.3, 0.4) is 0 Å². The van der Waals surface area contributed by atoms with E-state index in [1.165, 1.54) is 18.0 Å². The minimum atomic E-state index is -3.41. The first-order chi connectivity index (χ1) is 12.8. The molecule has 0 saturated carbocycles. The molecule has 0 radical (unpaired) electrons. The molecule has 9 nitrogen and oxygen atoms in total. The summed E-state index contributed by atoms with van der Waals surface area (Å²) < 4.78 is 30.1. The van der Waals surface area contributed by atoms with Crippen molar-refractivity contribution in [1.82, 2.24) is 15.5 Å². The Hall–Kier alpha value is -2.88. The fourth-order valence-electron chi connectivity index (χ4n) is 3.35. The highest BCUT2D eigenvalue weighted by atomic mass is 32.2. The van der Waals surface area contributed by atoms with E-state index in [1.54, 1.807) is 12.1 Å². The molecule has 10 heteroatoms. The Balaban J connectivity index is 1.63. The smallest absolute Gasteiger partial charge is 0.414 e. The Morgan fingerprint density at radius 1 is 1.44 bits per heavy atom. The van der Waals surface area contributed by atoms with Gasteiger partial charge in [-0.15, -0.1) is 0 Å². The molecule has 1 atom stereocenters. The molecule has 2 N–H and O–H groups in total. The van der Waals surface area contributed by atoms with E-state index in [1.807, 2.05) is 6.07 Å². The maximum Gasteiger partial charge on any atom is 0.414 e. The Morgan fingerprint density at radius 2 is 2.26 bits per heavy atom. The number of nitrogens with zero attached hydrogens (tertiary/aromatic N) is 2. The molecule has 1 aromatic carbocycles. The second-order valence-electron chi connectivity index (χ2n) is 6.57. The molecule has 1 saturated heterocycles. The SMILES string of the molecule is CC(=O)NC[C@H]1CN(c2ccc3c(c2)CCS(=O)(=O)c2cn[nH]c2-3)C(=O)O1. The van der Waals surface area contributed by atoms with Crippen LogP contribution >= 0.6 is 0 Å². The lowest BCUT2D eigenvalue weighted by Gasteiger charge is -2.16. The van der Waals surface area contributed by atoms with Crippen LogP contribution in [-0.2, 0) is 25.8 Å². The molecule has 2 aliphatic heterocycles. The summed E-state index contributed by atoms with van der Waals surface area (Å²) in [6.07, 6.45) is 0.748. The van der Waals surface area contributed by atoms with Crippen molar-refractivity contribution in [1.29, 1.82) is 0 Å². The van der Waals surface area contributed by atoms with Crippen molar-refractivity contribution in [3.63, 3.8) is 0 Å². The second-order valence-corrected chi connectivity index (χ2v) is 8.65. The Labute approximate surface area is 155 Å². The molecule has 27 heavy (non-hydrogen) atoms. The monoisotopic (exact) mass is 390 g/mol. The van der Waals surface area contributed by atoms with Gasteiger partial charge in [-0.25, -0.2) is 13.2 Å². The number of H-pyrrole nitrogens is 1. The lowest BCUT2D eigenvalue weighted by atomic mass is 10.0. The summed E-state index contributed by atoms with van der Waals surface area (Å²) in [6, 6.07) is 5.35. The molecule has 2 aromatic rings. The van der Waals surface area contributed by atoms with Crippen LogP contribution in [0.2, 0.25) is 0 Å². The lowest BCUT2D eigenvalue weighted by molar-refractivity contribution is -0.119. The van der Waals surface area contributed by atoms with Crippen LogP contribution < -0.4 is 10.2 Å². The van der Waals surface area contributed by atoms with Crippen LogP contribution in [0, 0.1) is 0 Å². The molecule has 1 aromatic heterocycles. The number of fused-ring (bicyclic) bond motifs is 3. The highest BCUT2D eigenvalue weighted by molar-refractivity contribution is 7.91. The van der Waals surface area contributed by atoms with Gasteiger partial charge < -0.3 is 10.1 Å². The number of aryl methyl sites for hydroxylation is 1. The predicted octanol–water partition coefficient (Wildman–Crippen LogP) is 0.868. The van der Waals surface area contributed by atoms with Crippen LogP contribution in [0.25, 0.3) is 11.3 Å². The zero-order chi connectivity index (χ0) is 19.2. The number of benzene rings is 1. The number of hydrogen-bond acceptors (Lipinski definition) is 6. The average molecular weight is 390 g/mol. The van der Waals surface area contributed by atoms with Gasteiger partial charge >= 0.3 is 6.09 Å². The largest absolute Gasteiger partial charge is 0.442 e. The number of hydrogen-bond donors (Lipinski definition) is 2. The number of aromatic amines is 1. The van der Waals surface area contributed by atoms with Crippen LogP contribution in [-0.4, -0.2) is 55.6 Å². The number of ether oxygens (including phenoxy) is 1. The van der Waals surface area contributed by atoms with Gasteiger partial charge in [-0.05, 0) is 24.1 Å². The summed E-state index contributed by atoms with van der Waals surface area (Å²) in [7, 11) is -3.41. The van der Waals surface area contributed by atoms with E-state index in [0.29, 0.717) is 24.3 Å². The first-order valence-electron chi connectivity index (χ1n) is 8.47. The fourth-order valence-corrected chi connectivity index (χ4v) is 4.74. The summed E-state index contributed by atoms with van der Waals surface area (Å²) >= 11 is 0. The van der Waals surface area contributed by atoms with Gasteiger partial charge in [-0.2, -0.15) is 5.10 Å². The molecule has 0 bridgehead atoms. The van der Waals surface area contributed by atoms with Crippen molar-refractivity contribution in [2.45, 2.75) is 24.3 Å². The average Bonchev–Trinajstić information content (AvgIpc) is 3.23. The molecule has 4 rings (SSSR count). The van der Waals surface area contributed by atoms with Gasteiger partial charge in [0.15, 0.2) is 9.84 Å². The minimum absolute atomic E-state index is 0.0222. The quantitative estimate of drug-likeness (QED) is 0.802. The van der Waals surface area contributed by atoms with Crippen molar-refractivity contribution < 1.29 is 22.7 Å². The number of amides is 2. The maximum atomic E-state index is 12.4. The number of rotatable bonds is 3.